The third-order valence-corrected chi connectivity index (χ3v) is 2.80. The van der Waals surface area contributed by atoms with Crippen molar-refractivity contribution in [1.29, 1.82) is 0 Å². The van der Waals surface area contributed by atoms with Crippen molar-refractivity contribution in [3.05, 3.63) is 29.8 Å². The number of nitrogens with zero attached hydrogens (tertiary/aromatic N) is 1. The Bertz CT molecular complexity index is 484. The molecule has 0 aliphatic carbocycles. The van der Waals surface area contributed by atoms with Crippen LogP contribution in [0.15, 0.2) is 29.3 Å². The van der Waals surface area contributed by atoms with Gasteiger partial charge in [0.2, 0.25) is 0 Å². The van der Waals surface area contributed by atoms with E-state index in [0.717, 1.165) is 6.42 Å². The number of amidine groups is 1. The Morgan fingerprint density at radius 1 is 1.38 bits per heavy atom. The van der Waals surface area contributed by atoms with Gasteiger partial charge in [-0.25, -0.2) is 4.99 Å². The average Bonchev–Trinajstić information content (AvgIpc) is 2.47. The lowest BCUT2D eigenvalue weighted by Crippen LogP contribution is -2.32. The van der Waals surface area contributed by atoms with Gasteiger partial charge in [-0.15, -0.1) is 0 Å². The van der Waals surface area contributed by atoms with Crippen molar-refractivity contribution in [2.75, 3.05) is 20.3 Å². The molecule has 0 saturated carbocycles. The molecule has 0 atom stereocenters. The predicted molar refractivity (Wildman–Crippen MR) is 83.8 cm³/mol. The lowest BCUT2D eigenvalue weighted by atomic mass is 10.1. The number of ether oxygens (including phenoxy) is 2. The van der Waals surface area contributed by atoms with Crippen LogP contribution >= 0.6 is 0 Å². The van der Waals surface area contributed by atoms with Crippen LogP contribution in [0.3, 0.4) is 0 Å². The molecule has 0 bridgehead atoms. The first-order valence-corrected chi connectivity index (χ1v) is 7.19. The molecule has 0 aromatic heterocycles. The molecule has 0 aliphatic rings. The fourth-order valence-corrected chi connectivity index (χ4v) is 1.62. The van der Waals surface area contributed by atoms with Gasteiger partial charge < -0.3 is 9.47 Å². The Kier molecular flexibility index (Phi) is 7.29. The third kappa shape index (κ3) is 6.29. The molecule has 5 heteroatoms. The third-order valence-electron chi connectivity index (χ3n) is 2.80. The van der Waals surface area contributed by atoms with Gasteiger partial charge in [-0.05, 0) is 37.5 Å². The minimum absolute atomic E-state index is 0.259. The van der Waals surface area contributed by atoms with Crippen molar-refractivity contribution >= 4 is 11.9 Å². The van der Waals surface area contributed by atoms with Crippen LogP contribution in [0.1, 0.15) is 37.6 Å². The quantitative estimate of drug-likeness (QED) is 0.648. The molecular weight excluding hydrogens is 268 g/mol. The molecule has 1 aromatic carbocycles. The average molecular weight is 292 g/mol. The van der Waals surface area contributed by atoms with Gasteiger partial charge in [0.15, 0.2) is 0 Å². The molecule has 21 heavy (non-hydrogen) atoms. The Balaban J connectivity index is 2.70. The molecule has 1 amide bonds. The second-order valence-electron chi connectivity index (χ2n) is 4.99. The lowest BCUT2D eigenvalue weighted by Gasteiger charge is -2.10. The van der Waals surface area contributed by atoms with Crippen molar-refractivity contribution in [2.45, 2.75) is 27.2 Å². The van der Waals surface area contributed by atoms with Crippen LogP contribution < -0.4 is 10.1 Å². The molecule has 5 nitrogen and oxygen atoms in total. The van der Waals surface area contributed by atoms with E-state index in [-0.39, 0.29) is 11.9 Å². The van der Waals surface area contributed by atoms with Crippen molar-refractivity contribution < 1.29 is 14.3 Å². The zero-order valence-electron chi connectivity index (χ0n) is 13.2. The Morgan fingerprint density at radius 3 is 2.76 bits per heavy atom. The first-order chi connectivity index (χ1) is 10.1. The number of rotatable bonds is 6. The first kappa shape index (κ1) is 17.0. The summed E-state index contributed by atoms with van der Waals surface area (Å²) in [5.41, 5.74) is 0.505. The second-order valence-corrected chi connectivity index (χ2v) is 4.99. The van der Waals surface area contributed by atoms with E-state index in [1.54, 1.807) is 31.4 Å². The maximum atomic E-state index is 12.2. The molecule has 0 saturated heterocycles. The van der Waals surface area contributed by atoms with Gasteiger partial charge in [0.05, 0.1) is 13.7 Å². The fraction of sp³-hybridized carbons (Fsp3) is 0.500. The van der Waals surface area contributed by atoms with E-state index in [1.165, 1.54) is 0 Å². The second kappa shape index (κ2) is 9.00. The Morgan fingerprint density at radius 2 is 2.14 bits per heavy atom. The van der Waals surface area contributed by atoms with Gasteiger partial charge in [0.25, 0.3) is 11.9 Å². The zero-order chi connectivity index (χ0) is 15.7. The van der Waals surface area contributed by atoms with Crippen molar-refractivity contribution in [3.8, 4) is 5.75 Å². The predicted octanol–water partition coefficient (Wildman–Crippen LogP) is 2.86. The summed E-state index contributed by atoms with van der Waals surface area (Å²) in [5, 5.41) is 2.69. The number of aliphatic imine (C=N–C) groups is 1. The van der Waals surface area contributed by atoms with E-state index in [9.17, 15) is 4.79 Å². The number of carbonyl (C=O) groups is 1. The fourth-order valence-electron chi connectivity index (χ4n) is 1.62. The van der Waals surface area contributed by atoms with E-state index in [1.807, 2.05) is 6.92 Å². The Hall–Kier alpha value is -2.04. The molecule has 0 heterocycles. The monoisotopic (exact) mass is 292 g/mol. The number of amides is 1. The summed E-state index contributed by atoms with van der Waals surface area (Å²) in [6.07, 6.45) is 0.950. The number of carbonyl (C=O) groups excluding carboxylic acids is 1. The maximum Gasteiger partial charge on any atom is 0.291 e. The van der Waals surface area contributed by atoms with E-state index in [2.05, 4.69) is 24.2 Å². The maximum absolute atomic E-state index is 12.2. The van der Waals surface area contributed by atoms with E-state index < -0.39 is 0 Å². The van der Waals surface area contributed by atoms with Crippen molar-refractivity contribution in [1.82, 2.24) is 5.32 Å². The minimum Gasteiger partial charge on any atom is -0.497 e. The summed E-state index contributed by atoms with van der Waals surface area (Å²) < 4.78 is 10.5. The van der Waals surface area contributed by atoms with Crippen LogP contribution in [0, 0.1) is 5.92 Å². The minimum atomic E-state index is -0.259. The molecular formula is C16H24N2O3. The van der Waals surface area contributed by atoms with E-state index >= 15 is 0 Å². The molecule has 1 aromatic rings. The SMILES string of the molecule is CCOC(=NCCC(C)C)NC(=O)c1cccc(OC)c1. The number of benzene rings is 1. The zero-order valence-corrected chi connectivity index (χ0v) is 13.2. The highest BCUT2D eigenvalue weighted by atomic mass is 16.5. The molecule has 1 N–H and O–H groups in total. The first-order valence-electron chi connectivity index (χ1n) is 7.19. The van der Waals surface area contributed by atoms with Gasteiger partial charge in [0, 0.05) is 12.1 Å². The smallest absolute Gasteiger partial charge is 0.291 e. The molecule has 0 spiro atoms. The van der Waals surface area contributed by atoms with Gasteiger partial charge in [-0.1, -0.05) is 19.9 Å². The van der Waals surface area contributed by atoms with Crippen molar-refractivity contribution in [2.24, 2.45) is 10.9 Å². The summed E-state index contributed by atoms with van der Waals surface area (Å²) in [5.74, 6) is 0.939. The largest absolute Gasteiger partial charge is 0.497 e. The van der Waals surface area contributed by atoms with Crippen LogP contribution in [0.4, 0.5) is 0 Å². The van der Waals surface area contributed by atoms with Crippen LogP contribution in [-0.2, 0) is 4.74 Å². The number of nitrogens with one attached hydrogen (secondary N) is 1. The van der Waals surface area contributed by atoms with Gasteiger partial charge in [-0.2, -0.15) is 0 Å². The normalized spacial score (nSPS) is 11.4. The topological polar surface area (TPSA) is 59.9 Å². The van der Waals surface area contributed by atoms with Gasteiger partial charge >= 0.3 is 0 Å². The van der Waals surface area contributed by atoms with Crippen molar-refractivity contribution in [3.63, 3.8) is 0 Å². The summed E-state index contributed by atoms with van der Waals surface area (Å²) in [6, 6.07) is 7.22. The molecule has 116 valence electrons. The highest BCUT2D eigenvalue weighted by molar-refractivity contribution is 6.04. The summed E-state index contributed by atoms with van der Waals surface area (Å²) in [4.78, 5) is 16.5. The van der Waals surface area contributed by atoms with Crippen LogP contribution in [-0.4, -0.2) is 32.2 Å². The molecule has 0 unspecified atom stereocenters. The molecule has 0 aliphatic heterocycles. The number of hydrogen-bond donors (Lipinski definition) is 1. The van der Waals surface area contributed by atoms with Crippen LogP contribution in [0.5, 0.6) is 5.75 Å². The molecule has 0 fully saturated rings. The van der Waals surface area contributed by atoms with E-state index in [0.29, 0.717) is 30.4 Å². The number of hydrogen-bond acceptors (Lipinski definition) is 4. The molecule has 0 radical (unpaired) electrons. The van der Waals surface area contributed by atoms with Gasteiger partial charge in [0.1, 0.15) is 5.75 Å². The molecule has 1 rings (SSSR count). The van der Waals surface area contributed by atoms with E-state index in [4.69, 9.17) is 9.47 Å². The number of methoxy groups -OCH3 is 1. The highest BCUT2D eigenvalue weighted by Crippen LogP contribution is 2.12. The Labute approximate surface area is 126 Å². The standard InChI is InChI=1S/C16H24N2O3/c1-5-21-16(17-10-9-12(2)3)18-15(19)13-7-6-8-14(11-13)20-4/h6-8,11-12H,5,9-10H2,1-4H3,(H,17,18,19). The van der Waals surface area contributed by atoms with Crippen LogP contribution in [0.2, 0.25) is 0 Å². The highest BCUT2D eigenvalue weighted by Gasteiger charge is 2.10. The summed E-state index contributed by atoms with van der Waals surface area (Å²) in [7, 11) is 1.57. The van der Waals surface area contributed by atoms with Crippen LogP contribution in [0.25, 0.3) is 0 Å². The summed E-state index contributed by atoms with van der Waals surface area (Å²) in [6.45, 7) is 7.20. The summed E-state index contributed by atoms with van der Waals surface area (Å²) >= 11 is 0. The lowest BCUT2D eigenvalue weighted by molar-refractivity contribution is 0.0966. The van der Waals surface area contributed by atoms with Gasteiger partial charge in [-0.3, -0.25) is 10.1 Å².